The van der Waals surface area contributed by atoms with Crippen molar-refractivity contribution in [1.29, 1.82) is 0 Å². The predicted molar refractivity (Wildman–Crippen MR) is 99.9 cm³/mol. The first-order valence-electron chi connectivity index (χ1n) is 9.64. The minimum Gasteiger partial charge on any atom is -0.494 e. The molecule has 3 amide bonds. The molecule has 6 heteroatoms. The minimum atomic E-state index is -0.213. The number of hydrogen-bond donors (Lipinski definition) is 1. The van der Waals surface area contributed by atoms with Crippen molar-refractivity contribution in [3.05, 3.63) is 36.4 Å². The number of allylic oxidation sites excluding steroid dienone is 2. The van der Waals surface area contributed by atoms with Gasteiger partial charge in [0, 0.05) is 18.7 Å². The number of benzene rings is 1. The number of ether oxygens (including phenoxy) is 1. The van der Waals surface area contributed by atoms with Crippen molar-refractivity contribution in [1.82, 2.24) is 4.90 Å². The van der Waals surface area contributed by atoms with E-state index in [-0.39, 0.29) is 54.4 Å². The molecule has 1 heterocycles. The molecule has 0 aromatic heterocycles. The molecule has 0 spiro atoms. The van der Waals surface area contributed by atoms with Gasteiger partial charge in [0.2, 0.25) is 17.7 Å². The Morgan fingerprint density at radius 3 is 2.19 bits per heavy atom. The van der Waals surface area contributed by atoms with Crippen molar-refractivity contribution < 1.29 is 19.1 Å². The Balaban J connectivity index is 1.34. The average Bonchev–Trinajstić information content (AvgIpc) is 2.95. The number of amides is 3. The maximum atomic E-state index is 12.7. The van der Waals surface area contributed by atoms with Crippen molar-refractivity contribution in [3.8, 4) is 5.75 Å². The van der Waals surface area contributed by atoms with Crippen molar-refractivity contribution >= 4 is 23.4 Å². The number of likely N-dealkylation sites (tertiary alicyclic amines) is 1. The standard InChI is InChI=1S/C21H24N2O4/c1-2-27-16-9-7-15(8-10-16)22-17(24)11-12-23-20(25)18-13-3-4-14(6-5-13)19(18)21(23)26/h3-4,7-10,13-14,18-19H,2,5-6,11-12H2,1H3,(H,22,24)/t13-,14-,18-,19-/m0/s1. The fraction of sp³-hybridized carbons (Fsp3) is 0.476. The Morgan fingerprint density at radius 1 is 1.07 bits per heavy atom. The van der Waals surface area contributed by atoms with Gasteiger partial charge in [-0.25, -0.2) is 0 Å². The summed E-state index contributed by atoms with van der Waals surface area (Å²) in [6.45, 7) is 2.64. The fourth-order valence-electron chi connectivity index (χ4n) is 4.59. The van der Waals surface area contributed by atoms with Gasteiger partial charge in [-0.05, 0) is 55.9 Å². The number of hydrogen-bond acceptors (Lipinski definition) is 4. The van der Waals surface area contributed by atoms with Gasteiger partial charge in [0.15, 0.2) is 0 Å². The van der Waals surface area contributed by atoms with E-state index in [1.54, 1.807) is 24.3 Å². The number of imide groups is 1. The summed E-state index contributed by atoms with van der Waals surface area (Å²) in [5.74, 6) is 0.269. The zero-order valence-electron chi connectivity index (χ0n) is 15.4. The first kappa shape index (κ1) is 17.8. The number of anilines is 1. The van der Waals surface area contributed by atoms with Gasteiger partial charge in [0.25, 0.3) is 0 Å². The van der Waals surface area contributed by atoms with Gasteiger partial charge >= 0.3 is 0 Å². The van der Waals surface area contributed by atoms with E-state index >= 15 is 0 Å². The first-order chi connectivity index (χ1) is 13.1. The van der Waals surface area contributed by atoms with E-state index in [1.807, 2.05) is 6.92 Å². The van der Waals surface area contributed by atoms with Gasteiger partial charge in [0.05, 0.1) is 18.4 Å². The molecule has 4 atom stereocenters. The highest BCUT2D eigenvalue weighted by Crippen LogP contribution is 2.49. The quantitative estimate of drug-likeness (QED) is 0.619. The SMILES string of the molecule is CCOc1ccc(NC(=O)CCN2C(=O)[C@@H]3[C@@H](C2=O)[C@H]2C=C[C@H]3CC2)cc1. The Kier molecular flexibility index (Phi) is 4.72. The number of nitrogens with one attached hydrogen (secondary N) is 1. The van der Waals surface area contributed by atoms with Gasteiger partial charge in [0.1, 0.15) is 5.75 Å². The van der Waals surface area contributed by atoms with Gasteiger partial charge in [-0.1, -0.05) is 12.2 Å². The van der Waals surface area contributed by atoms with Crippen LogP contribution < -0.4 is 10.1 Å². The number of rotatable bonds is 6. The van der Waals surface area contributed by atoms with Gasteiger partial charge in [-0.2, -0.15) is 0 Å². The summed E-state index contributed by atoms with van der Waals surface area (Å²) in [6.07, 6.45) is 6.26. The van der Waals surface area contributed by atoms with Crippen LogP contribution in [0, 0.1) is 23.7 Å². The van der Waals surface area contributed by atoms with Crippen molar-refractivity contribution in [2.45, 2.75) is 26.2 Å². The van der Waals surface area contributed by atoms with Crippen molar-refractivity contribution in [3.63, 3.8) is 0 Å². The van der Waals surface area contributed by atoms with E-state index in [4.69, 9.17) is 4.74 Å². The normalized spacial score (nSPS) is 28.4. The lowest BCUT2D eigenvalue weighted by Crippen LogP contribution is -2.38. The smallest absolute Gasteiger partial charge is 0.233 e. The highest BCUT2D eigenvalue weighted by molar-refractivity contribution is 6.06. The Bertz CT molecular complexity index is 754. The van der Waals surface area contributed by atoms with Crippen LogP contribution in [0.3, 0.4) is 0 Å². The summed E-state index contributed by atoms with van der Waals surface area (Å²) in [4.78, 5) is 39.0. The monoisotopic (exact) mass is 368 g/mol. The third-order valence-corrected chi connectivity index (χ3v) is 5.86. The van der Waals surface area contributed by atoms with E-state index in [2.05, 4.69) is 17.5 Å². The van der Waals surface area contributed by atoms with Gasteiger partial charge < -0.3 is 10.1 Å². The molecule has 1 aromatic rings. The van der Waals surface area contributed by atoms with Gasteiger partial charge in [-0.3, -0.25) is 19.3 Å². The van der Waals surface area contributed by atoms with Crippen LogP contribution >= 0.6 is 0 Å². The molecule has 6 nitrogen and oxygen atoms in total. The van der Waals surface area contributed by atoms with Crippen LogP contribution in [0.1, 0.15) is 26.2 Å². The third kappa shape index (κ3) is 3.24. The molecule has 1 saturated carbocycles. The predicted octanol–water partition coefficient (Wildman–Crippen LogP) is 2.61. The summed E-state index contributed by atoms with van der Waals surface area (Å²) in [5, 5.41) is 2.80. The molecule has 1 aliphatic heterocycles. The first-order valence-corrected chi connectivity index (χ1v) is 9.64. The molecule has 1 saturated heterocycles. The van der Waals surface area contributed by atoms with Crippen molar-refractivity contribution in [2.24, 2.45) is 23.7 Å². The number of fused-ring (bicyclic) bond motifs is 1. The van der Waals surface area contributed by atoms with Crippen LogP contribution in [0.4, 0.5) is 5.69 Å². The number of carbonyl (C=O) groups excluding carboxylic acids is 3. The molecule has 0 unspecified atom stereocenters. The molecule has 1 aromatic carbocycles. The van der Waals surface area contributed by atoms with Crippen LogP contribution in [0.5, 0.6) is 5.75 Å². The second-order valence-corrected chi connectivity index (χ2v) is 7.43. The summed E-state index contributed by atoms with van der Waals surface area (Å²) in [7, 11) is 0. The van der Waals surface area contributed by atoms with E-state index in [1.165, 1.54) is 4.90 Å². The molecule has 5 rings (SSSR count). The Labute approximate surface area is 158 Å². The molecule has 2 fully saturated rings. The lowest BCUT2D eigenvalue weighted by Gasteiger charge is -2.38. The van der Waals surface area contributed by atoms with Crippen LogP contribution in [0.2, 0.25) is 0 Å². The maximum Gasteiger partial charge on any atom is 0.233 e. The van der Waals surface area contributed by atoms with Crippen LogP contribution in [0.15, 0.2) is 36.4 Å². The van der Waals surface area contributed by atoms with Crippen LogP contribution in [0.25, 0.3) is 0 Å². The molecular formula is C21H24N2O4. The van der Waals surface area contributed by atoms with Crippen LogP contribution in [-0.4, -0.2) is 35.8 Å². The Hall–Kier alpha value is -2.63. The largest absolute Gasteiger partial charge is 0.494 e. The lowest BCUT2D eigenvalue weighted by atomic mass is 9.63. The topological polar surface area (TPSA) is 75.7 Å². The van der Waals surface area contributed by atoms with Crippen LogP contribution in [-0.2, 0) is 14.4 Å². The van der Waals surface area contributed by atoms with E-state index in [0.29, 0.717) is 12.3 Å². The maximum absolute atomic E-state index is 12.7. The molecule has 2 bridgehead atoms. The highest BCUT2D eigenvalue weighted by atomic mass is 16.5. The number of carbonyl (C=O) groups is 3. The third-order valence-electron chi connectivity index (χ3n) is 5.86. The van der Waals surface area contributed by atoms with E-state index in [9.17, 15) is 14.4 Å². The Morgan fingerprint density at radius 2 is 1.67 bits per heavy atom. The number of nitrogens with zero attached hydrogens (tertiary/aromatic N) is 1. The zero-order valence-corrected chi connectivity index (χ0v) is 15.4. The zero-order chi connectivity index (χ0) is 19.0. The summed E-state index contributed by atoms with van der Waals surface area (Å²) < 4.78 is 5.37. The minimum absolute atomic E-state index is 0.0992. The molecule has 0 radical (unpaired) electrons. The fourth-order valence-corrected chi connectivity index (χ4v) is 4.59. The molecule has 3 aliphatic carbocycles. The second kappa shape index (κ2) is 7.18. The molecular weight excluding hydrogens is 344 g/mol. The van der Waals surface area contributed by atoms with Crippen molar-refractivity contribution in [2.75, 3.05) is 18.5 Å². The second-order valence-electron chi connectivity index (χ2n) is 7.43. The molecule has 1 N–H and O–H groups in total. The summed E-state index contributed by atoms with van der Waals surface area (Å²) >= 11 is 0. The van der Waals surface area contributed by atoms with Gasteiger partial charge in [-0.15, -0.1) is 0 Å². The average molecular weight is 368 g/mol. The summed E-state index contributed by atoms with van der Waals surface area (Å²) in [6, 6.07) is 7.13. The molecule has 4 aliphatic rings. The molecule has 142 valence electrons. The highest BCUT2D eigenvalue weighted by Gasteiger charge is 2.56. The van der Waals surface area contributed by atoms with E-state index < -0.39 is 0 Å². The molecule has 27 heavy (non-hydrogen) atoms. The summed E-state index contributed by atoms with van der Waals surface area (Å²) in [5.41, 5.74) is 0.665. The lowest BCUT2D eigenvalue weighted by molar-refractivity contribution is -0.140. The van der Waals surface area contributed by atoms with E-state index in [0.717, 1.165) is 18.6 Å².